The monoisotopic (exact) mass is 341 g/mol. The van der Waals surface area contributed by atoms with Crippen LogP contribution in [0.15, 0.2) is 38.4 Å². The Kier molecular flexibility index (Phi) is 4.98. The van der Waals surface area contributed by atoms with Gasteiger partial charge in [-0.1, -0.05) is 5.16 Å². The van der Waals surface area contributed by atoms with Crippen LogP contribution in [0.2, 0.25) is 0 Å². The molecule has 0 aliphatic heterocycles. The van der Waals surface area contributed by atoms with Crippen LogP contribution in [0.4, 0.5) is 5.82 Å². The van der Waals surface area contributed by atoms with E-state index in [0.29, 0.717) is 23.8 Å². The number of halogens is 1. The quantitative estimate of drug-likeness (QED) is 0.845. The van der Waals surface area contributed by atoms with Gasteiger partial charge >= 0.3 is 0 Å². The fourth-order valence-corrected chi connectivity index (χ4v) is 2.77. The molecule has 2 aromatic heterocycles. The van der Waals surface area contributed by atoms with E-state index in [2.05, 4.69) is 31.4 Å². The smallest absolute Gasteiger partial charge is 0.226 e. The number of thioether (sulfide) groups is 1. The van der Waals surface area contributed by atoms with Crippen molar-refractivity contribution in [2.75, 3.05) is 11.1 Å². The van der Waals surface area contributed by atoms with Crippen LogP contribution < -0.4 is 5.32 Å². The summed E-state index contributed by atoms with van der Waals surface area (Å²) >= 11 is 4.94. The molecule has 2 rings (SSSR count). The molecule has 0 aliphatic rings. The van der Waals surface area contributed by atoms with Gasteiger partial charge in [0.2, 0.25) is 5.91 Å². The van der Waals surface area contributed by atoms with Gasteiger partial charge in [-0.3, -0.25) is 4.79 Å². The van der Waals surface area contributed by atoms with Gasteiger partial charge in [0, 0.05) is 28.9 Å². The molecule has 0 radical (unpaired) electrons. The number of carbonyl (C=O) groups is 1. The van der Waals surface area contributed by atoms with Gasteiger partial charge in [-0.2, -0.15) is 0 Å². The number of nitrogens with zero attached hydrogens (tertiary/aromatic N) is 2. The van der Waals surface area contributed by atoms with Crippen LogP contribution in [-0.4, -0.2) is 21.8 Å². The largest absolute Gasteiger partial charge is 0.360 e. The lowest BCUT2D eigenvalue weighted by molar-refractivity contribution is -0.115. The number of amides is 1. The molecular weight excluding hydrogens is 330 g/mol. The minimum absolute atomic E-state index is 0.0900. The average molecular weight is 342 g/mol. The molecule has 0 unspecified atom stereocenters. The van der Waals surface area contributed by atoms with Gasteiger partial charge < -0.3 is 9.84 Å². The number of hydrogen-bond acceptors (Lipinski definition) is 5. The summed E-state index contributed by atoms with van der Waals surface area (Å²) in [5, 5.41) is 7.26. The third kappa shape index (κ3) is 4.36. The van der Waals surface area contributed by atoms with Crippen molar-refractivity contribution in [1.82, 2.24) is 10.1 Å². The van der Waals surface area contributed by atoms with Gasteiger partial charge in [0.1, 0.15) is 10.8 Å². The molecule has 7 heteroatoms. The summed E-state index contributed by atoms with van der Waals surface area (Å²) in [6.07, 6.45) is 2.12. The van der Waals surface area contributed by atoms with Gasteiger partial charge in [-0.25, -0.2) is 4.98 Å². The highest BCUT2D eigenvalue weighted by atomic mass is 79.9. The third-order valence-corrected chi connectivity index (χ3v) is 4.10. The SMILES string of the molecule is Cc1cc(NC(=O)CCSc2ncccc2Br)no1. The molecule has 2 aromatic rings. The highest BCUT2D eigenvalue weighted by Gasteiger charge is 2.07. The Labute approximate surface area is 123 Å². The number of aromatic nitrogens is 2. The number of carbonyl (C=O) groups excluding carboxylic acids is 1. The van der Waals surface area contributed by atoms with Crippen LogP contribution in [0.3, 0.4) is 0 Å². The van der Waals surface area contributed by atoms with Crippen LogP contribution in [0.25, 0.3) is 0 Å². The van der Waals surface area contributed by atoms with Crippen LogP contribution in [-0.2, 0) is 4.79 Å². The Morgan fingerprint density at radius 2 is 2.42 bits per heavy atom. The fraction of sp³-hybridized carbons (Fsp3) is 0.250. The van der Waals surface area contributed by atoms with Gasteiger partial charge in [-0.15, -0.1) is 11.8 Å². The van der Waals surface area contributed by atoms with E-state index < -0.39 is 0 Å². The lowest BCUT2D eigenvalue weighted by Crippen LogP contribution is -2.12. The zero-order valence-electron chi connectivity index (χ0n) is 10.2. The van der Waals surface area contributed by atoms with Crippen molar-refractivity contribution in [3.63, 3.8) is 0 Å². The van der Waals surface area contributed by atoms with Crippen molar-refractivity contribution in [2.45, 2.75) is 18.4 Å². The predicted octanol–water partition coefficient (Wildman–Crippen LogP) is 3.26. The van der Waals surface area contributed by atoms with Crippen molar-refractivity contribution in [2.24, 2.45) is 0 Å². The summed E-state index contributed by atoms with van der Waals surface area (Å²) in [7, 11) is 0. The first kappa shape index (κ1) is 14.1. The first-order valence-electron chi connectivity index (χ1n) is 5.61. The van der Waals surface area contributed by atoms with Crippen molar-refractivity contribution < 1.29 is 9.32 Å². The number of pyridine rings is 1. The lowest BCUT2D eigenvalue weighted by Gasteiger charge is -2.03. The van der Waals surface area contributed by atoms with Crippen molar-refractivity contribution >= 4 is 39.4 Å². The summed E-state index contributed by atoms with van der Waals surface area (Å²) in [6, 6.07) is 5.46. The summed E-state index contributed by atoms with van der Waals surface area (Å²) in [4.78, 5) is 15.9. The number of hydrogen-bond donors (Lipinski definition) is 1. The number of aryl methyl sites for hydroxylation is 1. The Hall–Kier alpha value is -1.34. The van der Waals surface area contributed by atoms with E-state index in [1.54, 1.807) is 19.2 Å². The van der Waals surface area contributed by atoms with E-state index >= 15 is 0 Å². The topological polar surface area (TPSA) is 68.0 Å². The van der Waals surface area contributed by atoms with E-state index in [1.165, 1.54) is 11.8 Å². The molecule has 1 N–H and O–H groups in total. The van der Waals surface area contributed by atoms with Crippen molar-refractivity contribution in [3.05, 3.63) is 34.6 Å². The molecule has 0 aliphatic carbocycles. The molecule has 1 amide bonds. The summed E-state index contributed by atoms with van der Waals surface area (Å²) in [5.74, 6) is 1.68. The van der Waals surface area contributed by atoms with E-state index in [4.69, 9.17) is 4.52 Å². The maximum atomic E-state index is 11.7. The molecule has 0 fully saturated rings. The molecule has 100 valence electrons. The predicted molar refractivity (Wildman–Crippen MR) is 77.1 cm³/mol. The van der Waals surface area contributed by atoms with Gasteiger partial charge in [0.05, 0.1) is 0 Å². The number of nitrogens with one attached hydrogen (secondary N) is 1. The zero-order valence-corrected chi connectivity index (χ0v) is 12.6. The molecular formula is C12H12BrN3O2S. The van der Waals surface area contributed by atoms with E-state index in [9.17, 15) is 4.79 Å². The average Bonchev–Trinajstić information content (AvgIpc) is 2.77. The second-order valence-electron chi connectivity index (χ2n) is 3.76. The van der Waals surface area contributed by atoms with Gasteiger partial charge in [0.15, 0.2) is 5.82 Å². The maximum Gasteiger partial charge on any atom is 0.226 e. The number of rotatable bonds is 5. The lowest BCUT2D eigenvalue weighted by atomic mass is 10.4. The first-order valence-corrected chi connectivity index (χ1v) is 7.39. The highest BCUT2D eigenvalue weighted by Crippen LogP contribution is 2.25. The van der Waals surface area contributed by atoms with Crippen LogP contribution >= 0.6 is 27.7 Å². The zero-order chi connectivity index (χ0) is 13.7. The van der Waals surface area contributed by atoms with Crippen molar-refractivity contribution in [3.8, 4) is 0 Å². The molecule has 19 heavy (non-hydrogen) atoms. The summed E-state index contributed by atoms with van der Waals surface area (Å²) in [6.45, 7) is 1.77. The Morgan fingerprint density at radius 3 is 3.11 bits per heavy atom. The van der Waals surface area contributed by atoms with Crippen LogP contribution in [0.1, 0.15) is 12.2 Å². The second-order valence-corrected chi connectivity index (χ2v) is 5.70. The molecule has 0 aromatic carbocycles. The molecule has 0 atom stereocenters. The Balaban J connectivity index is 1.77. The Bertz CT molecular complexity index is 574. The normalized spacial score (nSPS) is 10.4. The molecule has 0 saturated heterocycles. The Morgan fingerprint density at radius 1 is 1.58 bits per heavy atom. The minimum Gasteiger partial charge on any atom is -0.360 e. The molecule has 2 heterocycles. The van der Waals surface area contributed by atoms with Crippen molar-refractivity contribution in [1.29, 1.82) is 0 Å². The second kappa shape index (κ2) is 6.72. The first-order chi connectivity index (χ1) is 9.15. The number of anilines is 1. The fourth-order valence-electron chi connectivity index (χ4n) is 1.35. The summed E-state index contributed by atoms with van der Waals surface area (Å²) < 4.78 is 5.81. The van der Waals surface area contributed by atoms with E-state index in [0.717, 1.165) is 9.50 Å². The van der Waals surface area contributed by atoms with Gasteiger partial charge in [0.25, 0.3) is 0 Å². The summed E-state index contributed by atoms with van der Waals surface area (Å²) in [5.41, 5.74) is 0. The molecule has 0 spiro atoms. The van der Waals surface area contributed by atoms with Crippen LogP contribution in [0, 0.1) is 6.92 Å². The maximum absolute atomic E-state index is 11.7. The molecule has 0 saturated carbocycles. The molecule has 0 bridgehead atoms. The highest BCUT2D eigenvalue weighted by molar-refractivity contribution is 9.10. The van der Waals surface area contributed by atoms with Crippen LogP contribution in [0.5, 0.6) is 0 Å². The third-order valence-electron chi connectivity index (χ3n) is 2.19. The molecule has 5 nitrogen and oxygen atoms in total. The minimum atomic E-state index is -0.0900. The van der Waals surface area contributed by atoms with E-state index in [-0.39, 0.29) is 5.91 Å². The van der Waals surface area contributed by atoms with Gasteiger partial charge in [-0.05, 0) is 35.0 Å². The standard InChI is InChI=1S/C12H12BrN3O2S/c1-8-7-10(16-18-8)15-11(17)4-6-19-12-9(13)3-2-5-14-12/h2-3,5,7H,4,6H2,1H3,(H,15,16,17). The van der Waals surface area contributed by atoms with E-state index in [1.807, 2.05) is 12.1 Å².